The van der Waals surface area contributed by atoms with E-state index in [0.717, 1.165) is 0 Å². The largest absolute Gasteiger partial charge is 0.407 e. The average Bonchev–Trinajstić information content (AvgIpc) is 2.60. The SMILES string of the molecule is CC(C)C(Nc1nnc(CN)o1)C(N)=O. The number of primary amides is 1. The van der Waals surface area contributed by atoms with Crippen LogP contribution in [0.2, 0.25) is 0 Å². The Bertz CT molecular complexity index is 336. The fourth-order valence-electron chi connectivity index (χ4n) is 1.09. The number of rotatable bonds is 5. The summed E-state index contributed by atoms with van der Waals surface area (Å²) >= 11 is 0. The average molecular weight is 213 g/mol. The van der Waals surface area contributed by atoms with Crippen molar-refractivity contribution in [2.45, 2.75) is 26.4 Å². The molecule has 5 N–H and O–H groups in total. The van der Waals surface area contributed by atoms with Crippen LogP contribution in [0.3, 0.4) is 0 Å². The van der Waals surface area contributed by atoms with E-state index in [0.29, 0.717) is 5.89 Å². The van der Waals surface area contributed by atoms with Crippen LogP contribution in [0.1, 0.15) is 19.7 Å². The zero-order valence-corrected chi connectivity index (χ0v) is 8.73. The number of carbonyl (C=O) groups is 1. The summed E-state index contributed by atoms with van der Waals surface area (Å²) in [5.74, 6) is -0.113. The Morgan fingerprint density at radius 2 is 2.20 bits per heavy atom. The summed E-state index contributed by atoms with van der Waals surface area (Å²) in [4.78, 5) is 11.1. The lowest BCUT2D eigenvalue weighted by atomic mass is 10.0. The fraction of sp³-hybridized carbons (Fsp3) is 0.625. The first-order valence-electron chi connectivity index (χ1n) is 4.63. The van der Waals surface area contributed by atoms with Crippen molar-refractivity contribution in [1.29, 1.82) is 0 Å². The molecule has 7 heteroatoms. The summed E-state index contributed by atoms with van der Waals surface area (Å²) in [6.07, 6.45) is 0. The van der Waals surface area contributed by atoms with Crippen molar-refractivity contribution in [2.75, 3.05) is 5.32 Å². The Labute approximate surface area is 87.2 Å². The monoisotopic (exact) mass is 213 g/mol. The zero-order chi connectivity index (χ0) is 11.4. The molecular formula is C8H15N5O2. The second-order valence-electron chi connectivity index (χ2n) is 3.47. The molecule has 0 radical (unpaired) electrons. The molecule has 0 aromatic carbocycles. The Hall–Kier alpha value is -1.63. The van der Waals surface area contributed by atoms with Crippen LogP contribution < -0.4 is 16.8 Å². The van der Waals surface area contributed by atoms with E-state index in [-0.39, 0.29) is 18.5 Å². The second kappa shape index (κ2) is 4.74. The number of aromatic nitrogens is 2. The Kier molecular flexibility index (Phi) is 3.62. The molecule has 0 saturated heterocycles. The third-order valence-corrected chi connectivity index (χ3v) is 1.89. The summed E-state index contributed by atoms with van der Waals surface area (Å²) < 4.78 is 5.10. The van der Waals surface area contributed by atoms with Gasteiger partial charge in [0.1, 0.15) is 6.04 Å². The van der Waals surface area contributed by atoms with Crippen molar-refractivity contribution in [3.05, 3.63) is 5.89 Å². The first kappa shape index (κ1) is 11.4. The molecule has 0 spiro atoms. The van der Waals surface area contributed by atoms with Gasteiger partial charge in [0.2, 0.25) is 11.8 Å². The minimum atomic E-state index is -0.531. The molecule has 1 amide bonds. The van der Waals surface area contributed by atoms with Crippen molar-refractivity contribution in [3.8, 4) is 0 Å². The maximum atomic E-state index is 11.1. The quantitative estimate of drug-likeness (QED) is 0.603. The lowest BCUT2D eigenvalue weighted by molar-refractivity contribution is -0.119. The second-order valence-corrected chi connectivity index (χ2v) is 3.47. The highest BCUT2D eigenvalue weighted by atomic mass is 16.4. The highest BCUT2D eigenvalue weighted by Gasteiger charge is 2.21. The minimum absolute atomic E-state index is 0.0377. The van der Waals surface area contributed by atoms with E-state index in [4.69, 9.17) is 15.9 Å². The molecule has 0 aliphatic heterocycles. The molecule has 1 heterocycles. The summed E-state index contributed by atoms with van der Waals surface area (Å²) in [5.41, 5.74) is 10.5. The maximum Gasteiger partial charge on any atom is 0.316 e. The van der Waals surface area contributed by atoms with E-state index in [1.807, 2.05) is 13.8 Å². The van der Waals surface area contributed by atoms with Crippen LogP contribution in [-0.2, 0) is 11.3 Å². The van der Waals surface area contributed by atoms with Gasteiger partial charge in [-0.15, -0.1) is 5.10 Å². The van der Waals surface area contributed by atoms with Gasteiger partial charge in [-0.1, -0.05) is 18.9 Å². The fourth-order valence-corrected chi connectivity index (χ4v) is 1.09. The lowest BCUT2D eigenvalue weighted by Crippen LogP contribution is -2.39. The molecule has 0 aliphatic carbocycles. The van der Waals surface area contributed by atoms with Crippen LogP contribution in [0.4, 0.5) is 6.01 Å². The summed E-state index contributed by atoms with van der Waals surface area (Å²) in [6, 6.07) is -0.371. The molecule has 1 aromatic rings. The molecule has 0 aliphatic rings. The summed E-state index contributed by atoms with van der Waals surface area (Å²) in [7, 11) is 0. The van der Waals surface area contributed by atoms with Crippen LogP contribution in [0.5, 0.6) is 0 Å². The molecule has 0 saturated carbocycles. The number of nitrogens with one attached hydrogen (secondary N) is 1. The first-order chi connectivity index (χ1) is 7.04. The van der Waals surface area contributed by atoms with Gasteiger partial charge in [-0.25, -0.2) is 0 Å². The number of nitrogens with zero attached hydrogens (tertiary/aromatic N) is 2. The predicted octanol–water partition coefficient (Wildman–Crippen LogP) is -0.550. The Morgan fingerprint density at radius 1 is 1.53 bits per heavy atom. The standard InChI is InChI=1S/C8H15N5O2/c1-4(2)6(7(10)14)11-8-13-12-5(3-9)15-8/h4,6H,3,9H2,1-2H3,(H2,10,14)(H,11,13). The molecule has 0 bridgehead atoms. The van der Waals surface area contributed by atoms with Gasteiger partial charge in [-0.2, -0.15) is 0 Å². The Balaban J connectivity index is 2.69. The predicted molar refractivity (Wildman–Crippen MR) is 53.6 cm³/mol. The van der Waals surface area contributed by atoms with Gasteiger partial charge >= 0.3 is 6.01 Å². The van der Waals surface area contributed by atoms with Gasteiger partial charge in [-0.3, -0.25) is 4.79 Å². The molecule has 1 aromatic heterocycles. The molecule has 84 valence electrons. The molecule has 15 heavy (non-hydrogen) atoms. The number of nitrogens with two attached hydrogens (primary N) is 2. The first-order valence-corrected chi connectivity index (χ1v) is 4.63. The van der Waals surface area contributed by atoms with Crippen LogP contribution in [-0.4, -0.2) is 22.1 Å². The third kappa shape index (κ3) is 2.91. The topological polar surface area (TPSA) is 120 Å². The van der Waals surface area contributed by atoms with Gasteiger partial charge in [0.15, 0.2) is 0 Å². The molecule has 7 nitrogen and oxygen atoms in total. The minimum Gasteiger partial charge on any atom is -0.407 e. The zero-order valence-electron chi connectivity index (χ0n) is 8.73. The van der Waals surface area contributed by atoms with E-state index in [1.54, 1.807) is 0 Å². The summed E-state index contributed by atoms with van der Waals surface area (Å²) in [6.45, 7) is 3.89. The molecule has 1 atom stereocenters. The van der Waals surface area contributed by atoms with E-state index in [9.17, 15) is 4.79 Å². The highest BCUT2D eigenvalue weighted by Crippen LogP contribution is 2.10. The smallest absolute Gasteiger partial charge is 0.316 e. The van der Waals surface area contributed by atoms with Gasteiger partial charge in [-0.05, 0) is 5.92 Å². The van der Waals surface area contributed by atoms with Crippen LogP contribution in [0.25, 0.3) is 0 Å². The van der Waals surface area contributed by atoms with Crippen LogP contribution in [0, 0.1) is 5.92 Å². The van der Waals surface area contributed by atoms with Crippen LogP contribution in [0.15, 0.2) is 4.42 Å². The molecular weight excluding hydrogens is 198 g/mol. The summed E-state index contributed by atoms with van der Waals surface area (Å²) in [5, 5.41) is 10.1. The maximum absolute atomic E-state index is 11.1. The third-order valence-electron chi connectivity index (χ3n) is 1.89. The van der Waals surface area contributed by atoms with Crippen molar-refractivity contribution in [2.24, 2.45) is 17.4 Å². The number of anilines is 1. The highest BCUT2D eigenvalue weighted by molar-refractivity contribution is 5.82. The van der Waals surface area contributed by atoms with Crippen molar-refractivity contribution in [3.63, 3.8) is 0 Å². The number of hydrogen-bond acceptors (Lipinski definition) is 6. The lowest BCUT2D eigenvalue weighted by Gasteiger charge is -2.16. The number of hydrogen-bond donors (Lipinski definition) is 3. The van der Waals surface area contributed by atoms with Gasteiger partial charge in [0.25, 0.3) is 0 Å². The number of amides is 1. The van der Waals surface area contributed by atoms with Gasteiger partial charge < -0.3 is 21.2 Å². The normalized spacial score (nSPS) is 12.8. The van der Waals surface area contributed by atoms with E-state index in [1.165, 1.54) is 0 Å². The molecule has 0 fully saturated rings. The van der Waals surface area contributed by atoms with Crippen molar-refractivity contribution in [1.82, 2.24) is 10.2 Å². The van der Waals surface area contributed by atoms with E-state index < -0.39 is 11.9 Å². The van der Waals surface area contributed by atoms with Gasteiger partial charge in [0.05, 0.1) is 6.54 Å². The molecule has 1 rings (SSSR count). The van der Waals surface area contributed by atoms with Gasteiger partial charge in [0, 0.05) is 0 Å². The Morgan fingerprint density at radius 3 is 2.60 bits per heavy atom. The van der Waals surface area contributed by atoms with Crippen LogP contribution >= 0.6 is 0 Å². The van der Waals surface area contributed by atoms with Crippen molar-refractivity contribution >= 4 is 11.9 Å². The molecule has 1 unspecified atom stereocenters. The van der Waals surface area contributed by atoms with Crippen molar-refractivity contribution < 1.29 is 9.21 Å². The van der Waals surface area contributed by atoms with E-state index >= 15 is 0 Å². The number of carbonyl (C=O) groups excluding carboxylic acids is 1. The van der Waals surface area contributed by atoms with E-state index in [2.05, 4.69) is 15.5 Å².